The monoisotopic (exact) mass is 229 g/mol. The Hall–Kier alpha value is -2.35. The highest BCUT2D eigenvalue weighted by atomic mass is 16.2. The smallest absolute Gasteiger partial charge is 0.232 e. The van der Waals surface area contributed by atoms with Gasteiger partial charge in [-0.05, 0) is 18.1 Å². The number of para-hydroxylation sites is 1. The normalized spacial score (nSPS) is 18.8. The van der Waals surface area contributed by atoms with Gasteiger partial charge in [-0.15, -0.1) is 0 Å². The number of rotatable bonds is 4. The van der Waals surface area contributed by atoms with Gasteiger partial charge < -0.3 is 10.6 Å². The Morgan fingerprint density at radius 1 is 1.53 bits per heavy atom. The van der Waals surface area contributed by atoms with Crippen molar-refractivity contribution < 1.29 is 9.59 Å². The molecule has 0 aromatic heterocycles. The second-order valence-electron chi connectivity index (χ2n) is 3.83. The predicted octanol–water partition coefficient (Wildman–Crippen LogP) is 0.751. The minimum Gasteiger partial charge on any atom is -0.343 e. The molecular weight excluding hydrogens is 218 g/mol. The lowest BCUT2D eigenvalue weighted by Crippen LogP contribution is -2.29. The maximum absolute atomic E-state index is 11.8. The average Bonchev–Trinajstić information content (AvgIpc) is 2.65. The van der Waals surface area contributed by atoms with Crippen LogP contribution in [0.3, 0.4) is 0 Å². The molecule has 0 fully saturated rings. The molecule has 1 aliphatic rings. The van der Waals surface area contributed by atoms with Gasteiger partial charge in [0.1, 0.15) is 6.04 Å². The second kappa shape index (κ2) is 4.66. The molecule has 0 spiro atoms. The van der Waals surface area contributed by atoms with Crippen molar-refractivity contribution in [3.63, 3.8) is 0 Å². The third kappa shape index (κ3) is 2.11. The molecule has 1 aromatic carbocycles. The summed E-state index contributed by atoms with van der Waals surface area (Å²) in [4.78, 5) is 22.1. The molecule has 0 saturated carbocycles. The van der Waals surface area contributed by atoms with E-state index in [0.717, 1.165) is 11.3 Å². The maximum atomic E-state index is 11.8. The minimum atomic E-state index is -0.644. The van der Waals surface area contributed by atoms with Crippen molar-refractivity contribution in [1.29, 1.82) is 5.26 Å². The van der Waals surface area contributed by atoms with Crippen molar-refractivity contribution in [2.24, 2.45) is 0 Å². The van der Waals surface area contributed by atoms with Crippen LogP contribution < -0.4 is 10.6 Å². The molecule has 0 saturated heterocycles. The summed E-state index contributed by atoms with van der Waals surface area (Å²) in [6, 6.07) is 8.68. The Kier molecular flexibility index (Phi) is 3.06. The van der Waals surface area contributed by atoms with Crippen LogP contribution in [0.4, 0.5) is 5.69 Å². The molecule has 2 rings (SSSR count). The van der Waals surface area contributed by atoms with Crippen LogP contribution in [0.15, 0.2) is 24.3 Å². The van der Waals surface area contributed by atoms with E-state index < -0.39 is 6.04 Å². The van der Waals surface area contributed by atoms with Crippen LogP contribution in [0, 0.1) is 11.3 Å². The molecule has 1 aliphatic heterocycles. The Labute approximate surface area is 98.4 Å². The van der Waals surface area contributed by atoms with E-state index in [4.69, 9.17) is 5.26 Å². The van der Waals surface area contributed by atoms with Gasteiger partial charge in [0.15, 0.2) is 0 Å². The first-order chi connectivity index (χ1) is 8.26. The molecule has 5 heteroatoms. The van der Waals surface area contributed by atoms with Gasteiger partial charge in [0.25, 0.3) is 0 Å². The van der Waals surface area contributed by atoms with Crippen molar-refractivity contribution in [1.82, 2.24) is 5.32 Å². The number of benzene rings is 1. The number of carbonyl (C=O) groups is 2. The SMILES string of the molecule is N#C[C@H](CC1C(=O)Nc2ccccc21)NC=O. The quantitative estimate of drug-likeness (QED) is 0.747. The number of nitrogens with zero attached hydrogens (tertiary/aromatic N) is 1. The molecule has 1 heterocycles. The Morgan fingerprint density at radius 3 is 3.00 bits per heavy atom. The number of fused-ring (bicyclic) bond motifs is 1. The van der Waals surface area contributed by atoms with Crippen LogP contribution in [0.25, 0.3) is 0 Å². The molecule has 1 aromatic rings. The molecule has 0 radical (unpaired) electrons. The van der Waals surface area contributed by atoms with Crippen molar-refractivity contribution >= 4 is 18.0 Å². The lowest BCUT2D eigenvalue weighted by molar-refractivity contribution is -0.117. The van der Waals surface area contributed by atoms with Crippen LogP contribution in [-0.4, -0.2) is 18.4 Å². The highest BCUT2D eigenvalue weighted by Gasteiger charge is 2.32. The first kappa shape index (κ1) is 11.1. The molecule has 0 aliphatic carbocycles. The van der Waals surface area contributed by atoms with E-state index in [1.807, 2.05) is 30.3 Å². The summed E-state index contributed by atoms with van der Waals surface area (Å²) >= 11 is 0. The molecule has 2 amide bonds. The topological polar surface area (TPSA) is 82.0 Å². The second-order valence-corrected chi connectivity index (χ2v) is 3.83. The van der Waals surface area contributed by atoms with Crippen LogP contribution in [0.5, 0.6) is 0 Å². The van der Waals surface area contributed by atoms with Crippen molar-refractivity contribution in [3.8, 4) is 6.07 Å². The Balaban J connectivity index is 2.19. The van der Waals surface area contributed by atoms with Gasteiger partial charge >= 0.3 is 0 Å². The summed E-state index contributed by atoms with van der Waals surface area (Å²) in [5.41, 5.74) is 1.66. The zero-order chi connectivity index (χ0) is 12.3. The fraction of sp³-hybridized carbons (Fsp3) is 0.250. The maximum Gasteiger partial charge on any atom is 0.232 e. The molecule has 1 unspecified atom stereocenters. The fourth-order valence-electron chi connectivity index (χ4n) is 1.99. The van der Waals surface area contributed by atoms with E-state index in [0.29, 0.717) is 6.41 Å². The number of anilines is 1. The van der Waals surface area contributed by atoms with Gasteiger partial charge in [0.05, 0.1) is 12.0 Å². The molecular formula is C12H11N3O2. The van der Waals surface area contributed by atoms with E-state index in [9.17, 15) is 9.59 Å². The van der Waals surface area contributed by atoms with Crippen LogP contribution in [0.1, 0.15) is 17.9 Å². The number of hydrogen-bond donors (Lipinski definition) is 2. The summed E-state index contributed by atoms with van der Waals surface area (Å²) in [7, 11) is 0. The highest BCUT2D eigenvalue weighted by molar-refractivity contribution is 6.02. The minimum absolute atomic E-state index is 0.126. The molecule has 17 heavy (non-hydrogen) atoms. The number of nitriles is 1. The molecule has 0 bridgehead atoms. The van der Waals surface area contributed by atoms with Gasteiger partial charge in [-0.2, -0.15) is 5.26 Å². The van der Waals surface area contributed by atoms with Gasteiger partial charge in [0, 0.05) is 5.69 Å². The summed E-state index contributed by atoms with van der Waals surface area (Å²) in [5, 5.41) is 14.0. The third-order valence-corrected chi connectivity index (χ3v) is 2.81. The van der Waals surface area contributed by atoms with Gasteiger partial charge in [-0.3, -0.25) is 9.59 Å². The number of hydrogen-bond acceptors (Lipinski definition) is 3. The van der Waals surface area contributed by atoms with E-state index in [1.54, 1.807) is 0 Å². The first-order valence-corrected chi connectivity index (χ1v) is 5.25. The average molecular weight is 229 g/mol. The number of carbonyl (C=O) groups excluding carboxylic acids is 2. The number of nitrogens with one attached hydrogen (secondary N) is 2. The van der Waals surface area contributed by atoms with E-state index in [1.165, 1.54) is 0 Å². The predicted molar refractivity (Wildman–Crippen MR) is 61.0 cm³/mol. The van der Waals surface area contributed by atoms with Crippen molar-refractivity contribution in [3.05, 3.63) is 29.8 Å². The lowest BCUT2D eigenvalue weighted by atomic mass is 9.94. The zero-order valence-electron chi connectivity index (χ0n) is 9.01. The van der Waals surface area contributed by atoms with Gasteiger partial charge in [-0.25, -0.2) is 0 Å². The zero-order valence-corrected chi connectivity index (χ0v) is 9.01. The summed E-state index contributed by atoms with van der Waals surface area (Å²) in [6.07, 6.45) is 0.769. The molecule has 2 atom stereocenters. The summed E-state index contributed by atoms with van der Waals surface area (Å²) < 4.78 is 0. The summed E-state index contributed by atoms with van der Waals surface area (Å²) in [5.74, 6) is -0.498. The largest absolute Gasteiger partial charge is 0.343 e. The summed E-state index contributed by atoms with van der Waals surface area (Å²) in [6.45, 7) is 0. The Morgan fingerprint density at radius 2 is 2.29 bits per heavy atom. The first-order valence-electron chi connectivity index (χ1n) is 5.25. The van der Waals surface area contributed by atoms with Crippen LogP contribution in [0.2, 0.25) is 0 Å². The third-order valence-electron chi connectivity index (χ3n) is 2.81. The van der Waals surface area contributed by atoms with E-state index >= 15 is 0 Å². The van der Waals surface area contributed by atoms with Crippen LogP contribution in [-0.2, 0) is 9.59 Å². The molecule has 2 N–H and O–H groups in total. The molecule has 86 valence electrons. The van der Waals surface area contributed by atoms with E-state index in [2.05, 4.69) is 10.6 Å². The van der Waals surface area contributed by atoms with Gasteiger partial charge in [-0.1, -0.05) is 18.2 Å². The number of amides is 2. The van der Waals surface area contributed by atoms with Crippen molar-refractivity contribution in [2.45, 2.75) is 18.4 Å². The standard InChI is InChI=1S/C12H11N3O2/c13-6-8(14-7-16)5-10-9-3-1-2-4-11(9)15-12(10)17/h1-4,7-8,10H,5H2,(H,14,16)(H,15,17)/t8-,10?/m0/s1. The Bertz CT molecular complexity index is 493. The van der Waals surface area contributed by atoms with Gasteiger partial charge in [0.2, 0.25) is 12.3 Å². The van der Waals surface area contributed by atoms with E-state index in [-0.39, 0.29) is 18.2 Å². The van der Waals surface area contributed by atoms with Crippen LogP contribution >= 0.6 is 0 Å². The fourth-order valence-corrected chi connectivity index (χ4v) is 1.99. The lowest BCUT2D eigenvalue weighted by Gasteiger charge is -2.12. The highest BCUT2D eigenvalue weighted by Crippen LogP contribution is 2.34. The van der Waals surface area contributed by atoms with Crippen molar-refractivity contribution in [2.75, 3.05) is 5.32 Å². The molecule has 5 nitrogen and oxygen atoms in total.